The molecule has 0 bridgehead atoms. The van der Waals surface area contributed by atoms with Crippen LogP contribution in [-0.2, 0) is 14.3 Å². The van der Waals surface area contributed by atoms with Gasteiger partial charge in [-0.3, -0.25) is 14.9 Å². The average molecular weight is 238 g/mol. The van der Waals surface area contributed by atoms with Crippen LogP contribution in [0.5, 0.6) is 0 Å². The number of benzene rings is 1. The number of nitro groups is 1. The van der Waals surface area contributed by atoms with Crippen molar-refractivity contribution in [2.45, 2.75) is 6.92 Å². The van der Waals surface area contributed by atoms with Gasteiger partial charge in [-0.05, 0) is 13.0 Å². The minimum Gasteiger partial charge on any atom is -0.462 e. The van der Waals surface area contributed by atoms with Gasteiger partial charge in [0, 0.05) is 17.3 Å². The van der Waals surface area contributed by atoms with E-state index in [1.807, 2.05) is 0 Å². The van der Waals surface area contributed by atoms with E-state index in [1.165, 1.54) is 18.2 Å². The summed E-state index contributed by atoms with van der Waals surface area (Å²) in [6, 6.07) is 4.12. The van der Waals surface area contributed by atoms with Gasteiger partial charge in [0.1, 0.15) is 0 Å². The standard InChI is InChI=1S/C10H10N2O5/c1-6-3-4-7(5-8(6)12(15)16)11-9(13)10(14)17-2/h3-5H,1-2H3,(H,11,13). The molecule has 1 rings (SSSR count). The van der Waals surface area contributed by atoms with Crippen molar-refractivity contribution in [3.63, 3.8) is 0 Å². The predicted molar refractivity (Wildman–Crippen MR) is 58.5 cm³/mol. The van der Waals surface area contributed by atoms with E-state index in [2.05, 4.69) is 10.1 Å². The highest BCUT2D eigenvalue weighted by atomic mass is 16.6. The highest BCUT2D eigenvalue weighted by Gasteiger charge is 2.16. The van der Waals surface area contributed by atoms with Crippen LogP contribution in [0.3, 0.4) is 0 Å². The number of amides is 1. The molecule has 1 aromatic rings. The van der Waals surface area contributed by atoms with Gasteiger partial charge in [-0.2, -0.15) is 0 Å². The SMILES string of the molecule is COC(=O)C(=O)Nc1ccc(C)c([N+](=O)[O-])c1. The van der Waals surface area contributed by atoms with Gasteiger partial charge < -0.3 is 10.1 Å². The van der Waals surface area contributed by atoms with Crippen LogP contribution in [0.4, 0.5) is 11.4 Å². The van der Waals surface area contributed by atoms with Gasteiger partial charge in [-0.1, -0.05) is 6.07 Å². The lowest BCUT2D eigenvalue weighted by Gasteiger charge is -2.04. The molecule has 0 unspecified atom stereocenters. The molecule has 17 heavy (non-hydrogen) atoms. The maximum absolute atomic E-state index is 11.2. The number of hydrogen-bond acceptors (Lipinski definition) is 5. The Hall–Kier alpha value is -2.44. The van der Waals surface area contributed by atoms with Crippen LogP contribution in [0.2, 0.25) is 0 Å². The normalized spacial score (nSPS) is 9.53. The van der Waals surface area contributed by atoms with Gasteiger partial charge in [0.25, 0.3) is 5.69 Å². The first-order valence-corrected chi connectivity index (χ1v) is 4.60. The maximum Gasteiger partial charge on any atom is 0.396 e. The Morgan fingerprint density at radius 1 is 1.41 bits per heavy atom. The molecule has 1 aromatic carbocycles. The van der Waals surface area contributed by atoms with Crippen molar-refractivity contribution in [3.8, 4) is 0 Å². The average Bonchev–Trinajstić information content (AvgIpc) is 2.30. The molecular weight excluding hydrogens is 228 g/mol. The summed E-state index contributed by atoms with van der Waals surface area (Å²) in [6.45, 7) is 1.57. The second-order valence-corrected chi connectivity index (χ2v) is 3.20. The molecule has 0 aliphatic rings. The molecule has 0 atom stereocenters. The van der Waals surface area contributed by atoms with E-state index >= 15 is 0 Å². The molecule has 0 aliphatic heterocycles. The Kier molecular flexibility index (Phi) is 3.76. The van der Waals surface area contributed by atoms with E-state index in [0.717, 1.165) is 7.11 Å². The number of methoxy groups -OCH3 is 1. The maximum atomic E-state index is 11.2. The molecule has 0 saturated carbocycles. The number of carbonyl (C=O) groups is 2. The molecule has 0 fully saturated rings. The summed E-state index contributed by atoms with van der Waals surface area (Å²) in [5, 5.41) is 12.8. The zero-order chi connectivity index (χ0) is 13.0. The van der Waals surface area contributed by atoms with Crippen LogP contribution in [0, 0.1) is 17.0 Å². The number of rotatable bonds is 2. The van der Waals surface area contributed by atoms with Crippen LogP contribution < -0.4 is 5.32 Å². The summed E-state index contributed by atoms with van der Waals surface area (Å²) in [5.41, 5.74) is 0.497. The highest BCUT2D eigenvalue weighted by Crippen LogP contribution is 2.22. The summed E-state index contributed by atoms with van der Waals surface area (Å²) < 4.78 is 4.20. The van der Waals surface area contributed by atoms with E-state index in [4.69, 9.17) is 0 Å². The smallest absolute Gasteiger partial charge is 0.396 e. The fourth-order valence-electron chi connectivity index (χ4n) is 1.16. The number of carbonyl (C=O) groups excluding carboxylic acids is 2. The minimum atomic E-state index is -1.06. The third kappa shape index (κ3) is 3.00. The van der Waals surface area contributed by atoms with Crippen LogP contribution in [0.25, 0.3) is 0 Å². The summed E-state index contributed by atoms with van der Waals surface area (Å²) in [4.78, 5) is 32.1. The van der Waals surface area contributed by atoms with Crippen molar-refractivity contribution in [1.29, 1.82) is 0 Å². The monoisotopic (exact) mass is 238 g/mol. The number of hydrogen-bond donors (Lipinski definition) is 1. The Morgan fingerprint density at radius 3 is 2.59 bits per heavy atom. The molecular formula is C10H10N2O5. The second kappa shape index (κ2) is 5.06. The van der Waals surface area contributed by atoms with Crippen molar-refractivity contribution >= 4 is 23.3 Å². The number of ether oxygens (including phenoxy) is 1. The number of aryl methyl sites for hydroxylation is 1. The van der Waals surface area contributed by atoms with E-state index in [0.29, 0.717) is 5.56 Å². The highest BCUT2D eigenvalue weighted by molar-refractivity contribution is 6.37. The van der Waals surface area contributed by atoms with E-state index in [9.17, 15) is 19.7 Å². The molecule has 0 heterocycles. The fourth-order valence-corrected chi connectivity index (χ4v) is 1.16. The number of nitrogens with one attached hydrogen (secondary N) is 1. The third-order valence-corrected chi connectivity index (χ3v) is 2.03. The molecule has 0 radical (unpaired) electrons. The van der Waals surface area contributed by atoms with Crippen LogP contribution in [-0.4, -0.2) is 23.9 Å². The van der Waals surface area contributed by atoms with Crippen molar-refractivity contribution in [3.05, 3.63) is 33.9 Å². The second-order valence-electron chi connectivity index (χ2n) is 3.20. The van der Waals surface area contributed by atoms with Crippen LogP contribution >= 0.6 is 0 Å². The molecule has 1 amide bonds. The predicted octanol–water partition coefficient (Wildman–Crippen LogP) is 1.01. The molecule has 0 aromatic heterocycles. The topological polar surface area (TPSA) is 98.5 Å². The van der Waals surface area contributed by atoms with Gasteiger partial charge in [-0.25, -0.2) is 4.79 Å². The van der Waals surface area contributed by atoms with Crippen molar-refractivity contribution < 1.29 is 19.2 Å². The zero-order valence-electron chi connectivity index (χ0n) is 9.22. The van der Waals surface area contributed by atoms with Crippen molar-refractivity contribution in [2.75, 3.05) is 12.4 Å². The third-order valence-electron chi connectivity index (χ3n) is 2.03. The van der Waals surface area contributed by atoms with E-state index in [1.54, 1.807) is 6.92 Å². The number of anilines is 1. The van der Waals surface area contributed by atoms with Crippen LogP contribution in [0.15, 0.2) is 18.2 Å². The lowest BCUT2D eigenvalue weighted by molar-refractivity contribution is -0.385. The van der Waals surface area contributed by atoms with Gasteiger partial charge in [-0.15, -0.1) is 0 Å². The van der Waals surface area contributed by atoms with Crippen LogP contribution in [0.1, 0.15) is 5.56 Å². The number of nitro benzene ring substituents is 1. The zero-order valence-corrected chi connectivity index (χ0v) is 9.22. The Balaban J connectivity index is 2.94. The van der Waals surface area contributed by atoms with E-state index in [-0.39, 0.29) is 11.4 Å². The number of esters is 1. The first-order chi connectivity index (χ1) is 7.95. The summed E-state index contributed by atoms with van der Waals surface area (Å²) >= 11 is 0. The molecule has 0 saturated heterocycles. The Morgan fingerprint density at radius 2 is 2.06 bits per heavy atom. The quantitative estimate of drug-likeness (QED) is 0.359. The molecule has 90 valence electrons. The Labute approximate surface area is 96.5 Å². The molecule has 1 N–H and O–H groups in total. The lowest BCUT2D eigenvalue weighted by atomic mass is 10.2. The van der Waals surface area contributed by atoms with Gasteiger partial charge in [0.05, 0.1) is 12.0 Å². The molecule has 0 aliphatic carbocycles. The van der Waals surface area contributed by atoms with Crippen molar-refractivity contribution in [1.82, 2.24) is 0 Å². The minimum absolute atomic E-state index is 0.132. The number of nitrogens with zero attached hydrogens (tertiary/aromatic N) is 1. The van der Waals surface area contributed by atoms with E-state index < -0.39 is 16.8 Å². The lowest BCUT2D eigenvalue weighted by Crippen LogP contribution is -2.23. The first-order valence-electron chi connectivity index (χ1n) is 4.60. The molecule has 0 spiro atoms. The fraction of sp³-hybridized carbons (Fsp3) is 0.200. The van der Waals surface area contributed by atoms with Gasteiger partial charge in [0.2, 0.25) is 0 Å². The Bertz CT molecular complexity index is 484. The molecule has 7 heteroatoms. The summed E-state index contributed by atoms with van der Waals surface area (Å²) in [7, 11) is 1.07. The van der Waals surface area contributed by atoms with Gasteiger partial charge >= 0.3 is 11.9 Å². The van der Waals surface area contributed by atoms with Crippen molar-refractivity contribution in [2.24, 2.45) is 0 Å². The van der Waals surface area contributed by atoms with Gasteiger partial charge in [0.15, 0.2) is 0 Å². The molecule has 7 nitrogen and oxygen atoms in total. The summed E-state index contributed by atoms with van der Waals surface area (Å²) in [6.07, 6.45) is 0. The first kappa shape index (κ1) is 12.6. The largest absolute Gasteiger partial charge is 0.462 e. The summed E-state index contributed by atoms with van der Waals surface area (Å²) in [5.74, 6) is -2.04.